The van der Waals surface area contributed by atoms with Crippen molar-refractivity contribution in [3.8, 4) is 5.75 Å². The standard InChI is InChI=1S/C24H28N2O3S/c1-26-13-14-29-20(16-26)22-19-10-3-4-11-21(19)30-23(22)24(27)25-12-6-8-17-7-5-9-18(15-17)28-2/h3-5,7,9-11,15,20H,6,8,12-14,16H2,1-2H3,(H,25,27)/t20-/m0/s1. The van der Waals surface area contributed by atoms with Crippen LogP contribution in [0.5, 0.6) is 5.75 Å². The van der Waals surface area contributed by atoms with Gasteiger partial charge >= 0.3 is 0 Å². The van der Waals surface area contributed by atoms with Crippen LogP contribution in [0.2, 0.25) is 0 Å². The van der Waals surface area contributed by atoms with Crippen molar-refractivity contribution in [3.05, 3.63) is 64.5 Å². The van der Waals surface area contributed by atoms with E-state index in [4.69, 9.17) is 9.47 Å². The number of likely N-dealkylation sites (N-methyl/N-ethyl adjacent to an activating group) is 1. The molecule has 1 atom stereocenters. The molecule has 1 N–H and O–H groups in total. The number of carbonyl (C=O) groups excluding carboxylic acids is 1. The molecule has 1 fully saturated rings. The molecule has 0 radical (unpaired) electrons. The molecule has 1 aromatic heterocycles. The quantitative estimate of drug-likeness (QED) is 0.576. The van der Waals surface area contributed by atoms with E-state index < -0.39 is 0 Å². The summed E-state index contributed by atoms with van der Waals surface area (Å²) in [5, 5.41) is 4.25. The smallest absolute Gasteiger partial charge is 0.261 e. The SMILES string of the molecule is COc1cccc(CCCNC(=O)c2sc3ccccc3c2[C@@H]2CN(C)CCO2)c1. The van der Waals surface area contributed by atoms with Crippen molar-refractivity contribution >= 4 is 27.3 Å². The van der Waals surface area contributed by atoms with Crippen molar-refractivity contribution in [1.82, 2.24) is 10.2 Å². The average molecular weight is 425 g/mol. The van der Waals surface area contributed by atoms with Crippen LogP contribution in [-0.4, -0.2) is 51.2 Å². The van der Waals surface area contributed by atoms with Crippen molar-refractivity contribution in [2.75, 3.05) is 40.4 Å². The zero-order valence-corrected chi connectivity index (χ0v) is 18.3. The zero-order chi connectivity index (χ0) is 20.9. The maximum atomic E-state index is 13.1. The number of morpholine rings is 1. The summed E-state index contributed by atoms with van der Waals surface area (Å²) in [6.45, 7) is 3.04. The average Bonchev–Trinajstić information content (AvgIpc) is 3.16. The van der Waals surface area contributed by atoms with Gasteiger partial charge < -0.3 is 19.7 Å². The van der Waals surface area contributed by atoms with Crippen LogP contribution < -0.4 is 10.1 Å². The zero-order valence-electron chi connectivity index (χ0n) is 17.5. The Morgan fingerprint density at radius 3 is 2.97 bits per heavy atom. The molecule has 0 saturated carbocycles. The fourth-order valence-corrected chi connectivity index (χ4v) is 5.08. The first kappa shape index (κ1) is 20.8. The van der Waals surface area contributed by atoms with E-state index in [2.05, 4.69) is 35.5 Å². The number of methoxy groups -OCH3 is 1. The Hall–Kier alpha value is -2.41. The third-order valence-electron chi connectivity index (χ3n) is 5.49. The van der Waals surface area contributed by atoms with E-state index in [1.807, 2.05) is 30.3 Å². The lowest BCUT2D eigenvalue weighted by molar-refractivity contribution is -0.0202. The Morgan fingerprint density at radius 2 is 2.13 bits per heavy atom. The second-order valence-corrected chi connectivity index (χ2v) is 8.73. The van der Waals surface area contributed by atoms with Gasteiger partial charge in [0.1, 0.15) is 5.75 Å². The first-order valence-electron chi connectivity index (χ1n) is 10.4. The molecule has 30 heavy (non-hydrogen) atoms. The van der Waals surface area contributed by atoms with Crippen molar-refractivity contribution in [2.24, 2.45) is 0 Å². The van der Waals surface area contributed by atoms with Crippen molar-refractivity contribution < 1.29 is 14.3 Å². The van der Waals surface area contributed by atoms with Gasteiger partial charge in [-0.3, -0.25) is 4.79 Å². The molecular formula is C24H28N2O3S. The predicted octanol–water partition coefficient (Wildman–Crippen LogP) is 4.28. The van der Waals surface area contributed by atoms with E-state index in [-0.39, 0.29) is 12.0 Å². The summed E-state index contributed by atoms with van der Waals surface area (Å²) in [6, 6.07) is 16.3. The monoisotopic (exact) mass is 424 g/mol. The molecule has 5 nitrogen and oxygen atoms in total. The minimum absolute atomic E-state index is 0.00586. The molecule has 1 aliphatic rings. The summed E-state index contributed by atoms with van der Waals surface area (Å²) >= 11 is 1.56. The summed E-state index contributed by atoms with van der Waals surface area (Å²) < 4.78 is 12.5. The van der Waals surface area contributed by atoms with Gasteiger partial charge in [0.2, 0.25) is 0 Å². The molecule has 0 unspecified atom stereocenters. The summed E-state index contributed by atoms with van der Waals surface area (Å²) in [7, 11) is 3.78. The molecular weight excluding hydrogens is 396 g/mol. The maximum absolute atomic E-state index is 13.1. The number of nitrogens with one attached hydrogen (secondary N) is 1. The molecule has 0 spiro atoms. The Morgan fingerprint density at radius 1 is 1.27 bits per heavy atom. The van der Waals surface area contributed by atoms with Gasteiger partial charge in [-0.25, -0.2) is 0 Å². The van der Waals surface area contributed by atoms with E-state index in [0.717, 1.165) is 52.2 Å². The fraction of sp³-hybridized carbons (Fsp3) is 0.375. The highest BCUT2D eigenvalue weighted by Crippen LogP contribution is 2.38. The largest absolute Gasteiger partial charge is 0.497 e. The van der Waals surface area contributed by atoms with Gasteiger partial charge in [-0.2, -0.15) is 0 Å². The first-order valence-corrected chi connectivity index (χ1v) is 11.2. The molecule has 2 aromatic carbocycles. The minimum atomic E-state index is -0.0718. The number of benzene rings is 2. The molecule has 0 aliphatic carbocycles. The van der Waals surface area contributed by atoms with Crippen LogP contribution in [0, 0.1) is 0 Å². The second kappa shape index (κ2) is 9.60. The maximum Gasteiger partial charge on any atom is 0.261 e. The van der Waals surface area contributed by atoms with Crippen LogP contribution in [0.15, 0.2) is 48.5 Å². The fourth-order valence-electron chi connectivity index (χ4n) is 3.91. The molecule has 1 amide bonds. The Labute approximate surface area is 181 Å². The van der Waals surface area contributed by atoms with Gasteiger partial charge in [-0.05, 0) is 49.0 Å². The number of carbonyl (C=O) groups is 1. The van der Waals surface area contributed by atoms with Crippen LogP contribution in [0.25, 0.3) is 10.1 Å². The number of ether oxygens (including phenoxy) is 2. The topological polar surface area (TPSA) is 50.8 Å². The van der Waals surface area contributed by atoms with Crippen LogP contribution in [0.1, 0.15) is 33.3 Å². The lowest BCUT2D eigenvalue weighted by atomic mass is 10.0. The number of nitrogens with zero attached hydrogens (tertiary/aromatic N) is 1. The van der Waals surface area contributed by atoms with Crippen molar-refractivity contribution in [3.63, 3.8) is 0 Å². The molecule has 1 aliphatic heterocycles. The number of aryl methyl sites for hydroxylation is 1. The number of thiophene rings is 1. The molecule has 1 saturated heterocycles. The van der Waals surface area contributed by atoms with Gasteiger partial charge in [0, 0.05) is 29.9 Å². The lowest BCUT2D eigenvalue weighted by Crippen LogP contribution is -2.36. The number of hydrogen-bond acceptors (Lipinski definition) is 5. The number of fused-ring (bicyclic) bond motifs is 1. The van der Waals surface area contributed by atoms with Crippen LogP contribution >= 0.6 is 11.3 Å². The summed E-state index contributed by atoms with van der Waals surface area (Å²) in [5.41, 5.74) is 2.25. The number of hydrogen-bond donors (Lipinski definition) is 1. The highest BCUT2D eigenvalue weighted by molar-refractivity contribution is 7.21. The van der Waals surface area contributed by atoms with Crippen LogP contribution in [0.4, 0.5) is 0 Å². The van der Waals surface area contributed by atoms with Gasteiger partial charge in [0.25, 0.3) is 5.91 Å². The first-order chi connectivity index (χ1) is 14.7. The highest BCUT2D eigenvalue weighted by atomic mass is 32.1. The lowest BCUT2D eigenvalue weighted by Gasteiger charge is -2.30. The Bertz CT molecular complexity index is 1020. The highest BCUT2D eigenvalue weighted by Gasteiger charge is 2.28. The predicted molar refractivity (Wildman–Crippen MR) is 122 cm³/mol. The van der Waals surface area contributed by atoms with E-state index in [1.54, 1.807) is 18.4 Å². The summed E-state index contributed by atoms with van der Waals surface area (Å²) in [6.07, 6.45) is 1.70. The molecule has 0 bridgehead atoms. The second-order valence-electron chi connectivity index (χ2n) is 7.67. The molecule has 158 valence electrons. The van der Waals surface area contributed by atoms with E-state index in [1.165, 1.54) is 5.56 Å². The van der Waals surface area contributed by atoms with Crippen molar-refractivity contribution in [1.29, 1.82) is 0 Å². The number of rotatable bonds is 7. The summed E-state index contributed by atoms with van der Waals surface area (Å²) in [4.78, 5) is 16.1. The molecule has 4 rings (SSSR count). The molecule has 6 heteroatoms. The molecule has 3 aromatic rings. The number of amides is 1. The van der Waals surface area contributed by atoms with Gasteiger partial charge in [0.05, 0.1) is 24.7 Å². The third kappa shape index (κ3) is 4.67. The van der Waals surface area contributed by atoms with E-state index in [9.17, 15) is 4.79 Å². The van der Waals surface area contributed by atoms with Gasteiger partial charge in [0.15, 0.2) is 0 Å². The van der Waals surface area contributed by atoms with Gasteiger partial charge in [-0.1, -0.05) is 30.3 Å². The van der Waals surface area contributed by atoms with E-state index in [0.29, 0.717) is 13.2 Å². The third-order valence-corrected chi connectivity index (χ3v) is 6.68. The minimum Gasteiger partial charge on any atom is -0.497 e. The Kier molecular flexibility index (Phi) is 6.67. The summed E-state index contributed by atoms with van der Waals surface area (Å²) in [5.74, 6) is 0.859. The van der Waals surface area contributed by atoms with Crippen molar-refractivity contribution in [2.45, 2.75) is 18.9 Å². The van der Waals surface area contributed by atoms with Crippen LogP contribution in [-0.2, 0) is 11.2 Å². The van der Waals surface area contributed by atoms with E-state index >= 15 is 0 Å². The normalized spacial score (nSPS) is 17.2. The van der Waals surface area contributed by atoms with Crippen LogP contribution in [0.3, 0.4) is 0 Å². The molecule has 2 heterocycles. The van der Waals surface area contributed by atoms with Gasteiger partial charge in [-0.15, -0.1) is 11.3 Å². The Balaban J connectivity index is 1.45.